The summed E-state index contributed by atoms with van der Waals surface area (Å²) in [6.07, 6.45) is 4.46. The first-order chi connectivity index (χ1) is 8.77. The number of carbonyl (C=O) groups excluding carboxylic acids is 1. The molecule has 0 aromatic carbocycles. The van der Waals surface area contributed by atoms with E-state index in [0.717, 1.165) is 38.4 Å². The molecule has 1 N–H and O–H groups in total. The minimum absolute atomic E-state index is 0.0214. The van der Waals surface area contributed by atoms with Crippen LogP contribution in [0.5, 0.6) is 0 Å². The van der Waals surface area contributed by atoms with Crippen molar-refractivity contribution in [2.24, 2.45) is 5.92 Å². The van der Waals surface area contributed by atoms with Crippen LogP contribution in [0.25, 0.3) is 0 Å². The SMILES string of the molecule is CCCC(C(=O)OCC)N1CCCC2CNCC21. The molecule has 3 atom stereocenters. The van der Waals surface area contributed by atoms with Crippen molar-refractivity contribution < 1.29 is 9.53 Å². The van der Waals surface area contributed by atoms with Crippen molar-refractivity contribution in [2.75, 3.05) is 26.2 Å². The van der Waals surface area contributed by atoms with Gasteiger partial charge in [-0.2, -0.15) is 0 Å². The molecule has 0 aromatic heterocycles. The molecule has 0 aliphatic carbocycles. The Bertz CT molecular complexity index is 283. The van der Waals surface area contributed by atoms with E-state index in [9.17, 15) is 4.79 Å². The molecule has 0 spiro atoms. The highest BCUT2D eigenvalue weighted by Crippen LogP contribution is 2.29. The van der Waals surface area contributed by atoms with Gasteiger partial charge in [0.05, 0.1) is 6.61 Å². The summed E-state index contributed by atoms with van der Waals surface area (Å²) in [5.74, 6) is 0.708. The van der Waals surface area contributed by atoms with Crippen LogP contribution in [-0.4, -0.2) is 49.2 Å². The Morgan fingerprint density at radius 3 is 3.00 bits per heavy atom. The molecule has 2 aliphatic rings. The molecule has 2 heterocycles. The smallest absolute Gasteiger partial charge is 0.323 e. The molecule has 4 nitrogen and oxygen atoms in total. The number of carbonyl (C=O) groups is 1. The highest BCUT2D eigenvalue weighted by Gasteiger charge is 2.40. The monoisotopic (exact) mass is 254 g/mol. The van der Waals surface area contributed by atoms with Gasteiger partial charge in [-0.1, -0.05) is 13.3 Å². The van der Waals surface area contributed by atoms with Gasteiger partial charge < -0.3 is 10.1 Å². The van der Waals surface area contributed by atoms with Crippen molar-refractivity contribution >= 4 is 5.97 Å². The highest BCUT2D eigenvalue weighted by atomic mass is 16.5. The first kappa shape index (κ1) is 13.8. The van der Waals surface area contributed by atoms with Crippen molar-refractivity contribution in [2.45, 2.75) is 51.6 Å². The van der Waals surface area contributed by atoms with E-state index in [0.29, 0.717) is 12.6 Å². The van der Waals surface area contributed by atoms with E-state index in [4.69, 9.17) is 4.74 Å². The minimum Gasteiger partial charge on any atom is -0.465 e. The summed E-state index contributed by atoms with van der Waals surface area (Å²) in [6, 6.07) is 0.516. The summed E-state index contributed by atoms with van der Waals surface area (Å²) in [7, 11) is 0. The third-order valence-electron chi connectivity index (χ3n) is 4.24. The van der Waals surface area contributed by atoms with Crippen LogP contribution < -0.4 is 5.32 Å². The summed E-state index contributed by atoms with van der Waals surface area (Å²) >= 11 is 0. The Morgan fingerprint density at radius 2 is 2.28 bits per heavy atom. The molecule has 2 rings (SSSR count). The van der Waals surface area contributed by atoms with Crippen molar-refractivity contribution in [3.05, 3.63) is 0 Å². The number of piperidine rings is 1. The predicted octanol–water partition coefficient (Wildman–Crippen LogP) is 1.40. The lowest BCUT2D eigenvalue weighted by Crippen LogP contribution is -2.53. The Hall–Kier alpha value is -0.610. The van der Waals surface area contributed by atoms with Gasteiger partial charge in [-0.3, -0.25) is 9.69 Å². The second-order valence-corrected chi connectivity index (χ2v) is 5.42. The number of fused-ring (bicyclic) bond motifs is 1. The van der Waals surface area contributed by atoms with E-state index in [1.54, 1.807) is 0 Å². The third-order valence-corrected chi connectivity index (χ3v) is 4.24. The quantitative estimate of drug-likeness (QED) is 0.753. The number of hydrogen-bond acceptors (Lipinski definition) is 4. The molecule has 2 aliphatic heterocycles. The van der Waals surface area contributed by atoms with Gasteiger partial charge in [0, 0.05) is 12.6 Å². The maximum absolute atomic E-state index is 12.1. The molecular weight excluding hydrogens is 228 g/mol. The lowest BCUT2D eigenvalue weighted by molar-refractivity contribution is -0.151. The molecule has 18 heavy (non-hydrogen) atoms. The Morgan fingerprint density at radius 1 is 1.44 bits per heavy atom. The van der Waals surface area contributed by atoms with Crippen LogP contribution in [0.1, 0.15) is 39.5 Å². The predicted molar refractivity (Wildman–Crippen MR) is 71.4 cm³/mol. The van der Waals surface area contributed by atoms with Crippen LogP contribution in [0.15, 0.2) is 0 Å². The molecule has 2 fully saturated rings. The van der Waals surface area contributed by atoms with E-state index in [-0.39, 0.29) is 12.0 Å². The van der Waals surface area contributed by atoms with Gasteiger partial charge in [-0.15, -0.1) is 0 Å². The maximum Gasteiger partial charge on any atom is 0.323 e. The van der Waals surface area contributed by atoms with Crippen molar-refractivity contribution in [1.82, 2.24) is 10.2 Å². The van der Waals surface area contributed by atoms with E-state index in [1.807, 2.05) is 6.92 Å². The summed E-state index contributed by atoms with van der Waals surface area (Å²) in [4.78, 5) is 14.5. The number of nitrogens with one attached hydrogen (secondary N) is 1. The lowest BCUT2D eigenvalue weighted by Gasteiger charge is -2.41. The molecular formula is C14H26N2O2. The zero-order valence-electron chi connectivity index (χ0n) is 11.7. The second kappa shape index (κ2) is 6.53. The molecule has 0 aromatic rings. The average molecular weight is 254 g/mol. The summed E-state index contributed by atoms with van der Waals surface area (Å²) < 4.78 is 5.26. The van der Waals surface area contributed by atoms with Crippen LogP contribution in [0, 0.1) is 5.92 Å². The highest BCUT2D eigenvalue weighted by molar-refractivity contribution is 5.75. The number of likely N-dealkylation sites (tertiary alicyclic amines) is 1. The molecule has 0 bridgehead atoms. The number of nitrogens with zero attached hydrogens (tertiary/aromatic N) is 1. The van der Waals surface area contributed by atoms with Gasteiger partial charge in [0.25, 0.3) is 0 Å². The number of esters is 1. The van der Waals surface area contributed by atoms with E-state index in [1.165, 1.54) is 12.8 Å². The van der Waals surface area contributed by atoms with Gasteiger partial charge in [0.2, 0.25) is 0 Å². The van der Waals surface area contributed by atoms with Crippen LogP contribution in [0.2, 0.25) is 0 Å². The van der Waals surface area contributed by atoms with Gasteiger partial charge in [0.15, 0.2) is 0 Å². The zero-order valence-corrected chi connectivity index (χ0v) is 11.7. The minimum atomic E-state index is -0.0253. The molecule has 0 saturated carbocycles. The van der Waals surface area contributed by atoms with Crippen LogP contribution in [0.4, 0.5) is 0 Å². The fourth-order valence-corrected chi connectivity index (χ4v) is 3.42. The zero-order chi connectivity index (χ0) is 13.0. The first-order valence-electron chi connectivity index (χ1n) is 7.41. The van der Waals surface area contributed by atoms with Gasteiger partial charge in [-0.05, 0) is 45.2 Å². The Kier molecular flexibility index (Phi) is 5.01. The van der Waals surface area contributed by atoms with E-state index < -0.39 is 0 Å². The van der Waals surface area contributed by atoms with Crippen LogP contribution >= 0.6 is 0 Å². The molecule has 2 saturated heterocycles. The fraction of sp³-hybridized carbons (Fsp3) is 0.929. The first-order valence-corrected chi connectivity index (χ1v) is 7.41. The Labute approximate surface area is 110 Å². The molecule has 4 heteroatoms. The van der Waals surface area contributed by atoms with Crippen molar-refractivity contribution in [3.63, 3.8) is 0 Å². The largest absolute Gasteiger partial charge is 0.465 e. The standard InChI is InChI=1S/C14H26N2O2/c1-3-6-12(14(17)18-4-2)16-8-5-7-11-9-15-10-13(11)16/h11-13,15H,3-10H2,1-2H3. The number of ether oxygens (including phenoxy) is 1. The number of hydrogen-bond donors (Lipinski definition) is 1. The molecule has 3 unspecified atom stereocenters. The lowest BCUT2D eigenvalue weighted by atomic mass is 9.90. The van der Waals surface area contributed by atoms with Crippen LogP contribution in [-0.2, 0) is 9.53 Å². The maximum atomic E-state index is 12.1. The van der Waals surface area contributed by atoms with Gasteiger partial charge in [-0.25, -0.2) is 0 Å². The third kappa shape index (κ3) is 2.86. The molecule has 0 amide bonds. The topological polar surface area (TPSA) is 41.6 Å². The van der Waals surface area contributed by atoms with Crippen LogP contribution in [0.3, 0.4) is 0 Å². The second-order valence-electron chi connectivity index (χ2n) is 5.42. The fourth-order valence-electron chi connectivity index (χ4n) is 3.42. The van der Waals surface area contributed by atoms with Crippen molar-refractivity contribution in [1.29, 1.82) is 0 Å². The van der Waals surface area contributed by atoms with Crippen molar-refractivity contribution in [3.8, 4) is 0 Å². The summed E-state index contributed by atoms with van der Waals surface area (Å²) in [5.41, 5.74) is 0. The molecule has 104 valence electrons. The van der Waals surface area contributed by atoms with Gasteiger partial charge >= 0.3 is 5.97 Å². The Balaban J connectivity index is 2.06. The van der Waals surface area contributed by atoms with E-state index in [2.05, 4.69) is 17.1 Å². The van der Waals surface area contributed by atoms with E-state index >= 15 is 0 Å². The normalized spacial score (nSPS) is 29.9. The molecule has 0 radical (unpaired) electrons. The van der Waals surface area contributed by atoms with Gasteiger partial charge in [0.1, 0.15) is 6.04 Å². The average Bonchev–Trinajstić information content (AvgIpc) is 2.84. The summed E-state index contributed by atoms with van der Waals surface area (Å²) in [6.45, 7) is 7.70. The number of rotatable bonds is 5. The summed E-state index contributed by atoms with van der Waals surface area (Å²) in [5, 5.41) is 3.47.